The van der Waals surface area contributed by atoms with Crippen molar-refractivity contribution in [2.75, 3.05) is 22.9 Å². The smallest absolute Gasteiger partial charge is 0.312 e. The number of hydrogen-bond acceptors (Lipinski definition) is 5. The van der Waals surface area contributed by atoms with Crippen LogP contribution in [-0.2, 0) is 27.4 Å². The number of para-hydroxylation sites is 1. The number of alkyl halides is 3. The number of sulfonamides is 1. The highest BCUT2D eigenvalue weighted by atomic mass is 32.2. The molecule has 0 saturated carbocycles. The second-order valence-corrected chi connectivity index (χ2v) is 10.4. The SMILES string of the molecule is NS(=O)(=O)c1ccccc1-n1nc(C(F)(F)F)c2c1C(=O)N(c1ccc(N3CCCCC3=O)cc1)CC2. The Kier molecular flexibility index (Phi) is 6.07. The topological polar surface area (TPSA) is 119 Å². The van der Waals surface area contributed by atoms with Gasteiger partial charge in [0.25, 0.3) is 5.91 Å². The number of carbonyl (C=O) groups is 2. The highest BCUT2D eigenvalue weighted by molar-refractivity contribution is 7.89. The number of fused-ring (bicyclic) bond motifs is 1. The Balaban J connectivity index is 1.58. The molecule has 2 aliphatic heterocycles. The Morgan fingerprint density at radius 1 is 0.865 bits per heavy atom. The molecule has 5 rings (SSSR count). The van der Waals surface area contributed by atoms with Crippen molar-refractivity contribution in [2.24, 2.45) is 5.14 Å². The van der Waals surface area contributed by atoms with Gasteiger partial charge in [-0.2, -0.15) is 18.3 Å². The van der Waals surface area contributed by atoms with Crippen molar-refractivity contribution in [1.29, 1.82) is 0 Å². The summed E-state index contributed by atoms with van der Waals surface area (Å²) in [7, 11) is -4.34. The standard InChI is InChI=1S/C24H22F3N5O4S/c25-24(26,27)22-17-12-14-31(16-10-8-15(9-11-16)30-13-4-3-7-20(30)33)23(34)21(17)32(29-22)18-5-1-2-6-19(18)37(28,35)36/h1-2,5-6,8-11H,3-4,7,12-14H2,(H2,28,35,36). The van der Waals surface area contributed by atoms with Crippen molar-refractivity contribution in [1.82, 2.24) is 9.78 Å². The number of rotatable bonds is 4. The summed E-state index contributed by atoms with van der Waals surface area (Å²) in [6.45, 7) is 0.548. The third-order valence-corrected chi connectivity index (χ3v) is 7.44. The molecule has 0 aliphatic carbocycles. The number of aromatic nitrogens is 2. The van der Waals surface area contributed by atoms with E-state index in [0.717, 1.165) is 18.9 Å². The largest absolute Gasteiger partial charge is 0.435 e. The van der Waals surface area contributed by atoms with E-state index in [-0.39, 0.29) is 35.8 Å². The van der Waals surface area contributed by atoms with Crippen LogP contribution < -0.4 is 14.9 Å². The van der Waals surface area contributed by atoms with Crippen molar-refractivity contribution in [3.8, 4) is 5.69 Å². The van der Waals surface area contributed by atoms with Crippen LogP contribution in [0.25, 0.3) is 5.69 Å². The van der Waals surface area contributed by atoms with Crippen LogP contribution in [0, 0.1) is 0 Å². The quantitative estimate of drug-likeness (QED) is 0.552. The van der Waals surface area contributed by atoms with Crippen molar-refractivity contribution in [2.45, 2.75) is 36.8 Å². The van der Waals surface area contributed by atoms with Gasteiger partial charge in [-0.05, 0) is 55.7 Å². The van der Waals surface area contributed by atoms with E-state index in [2.05, 4.69) is 5.10 Å². The van der Waals surface area contributed by atoms with Crippen LogP contribution in [0.5, 0.6) is 0 Å². The second kappa shape index (κ2) is 8.99. The lowest BCUT2D eigenvalue weighted by Gasteiger charge is -2.30. The van der Waals surface area contributed by atoms with Gasteiger partial charge in [-0.25, -0.2) is 18.2 Å². The van der Waals surface area contributed by atoms with Gasteiger partial charge in [0.1, 0.15) is 10.6 Å². The molecule has 37 heavy (non-hydrogen) atoms. The molecule has 1 fully saturated rings. The second-order valence-electron chi connectivity index (χ2n) is 8.82. The average molecular weight is 534 g/mol. The molecule has 3 aromatic rings. The zero-order valence-electron chi connectivity index (χ0n) is 19.4. The van der Waals surface area contributed by atoms with Gasteiger partial charge in [-0.1, -0.05) is 12.1 Å². The summed E-state index contributed by atoms with van der Waals surface area (Å²) in [5.41, 5.74) is -1.11. The zero-order valence-corrected chi connectivity index (χ0v) is 20.2. The van der Waals surface area contributed by atoms with Crippen molar-refractivity contribution >= 4 is 33.2 Å². The van der Waals surface area contributed by atoms with Crippen molar-refractivity contribution in [3.05, 3.63) is 65.5 Å². The number of piperidine rings is 1. The highest BCUT2D eigenvalue weighted by Crippen LogP contribution is 2.38. The molecule has 0 unspecified atom stereocenters. The van der Waals surface area contributed by atoms with E-state index in [4.69, 9.17) is 5.14 Å². The lowest BCUT2D eigenvalue weighted by Crippen LogP contribution is -2.39. The monoisotopic (exact) mass is 533 g/mol. The Morgan fingerprint density at radius 3 is 2.14 bits per heavy atom. The maximum absolute atomic E-state index is 13.9. The predicted octanol–water partition coefficient (Wildman–Crippen LogP) is 3.26. The number of halogens is 3. The number of nitrogens with two attached hydrogens (primary N) is 1. The van der Waals surface area contributed by atoms with E-state index in [1.54, 1.807) is 29.2 Å². The summed E-state index contributed by atoms with van der Waals surface area (Å²) in [6.07, 6.45) is -2.84. The Bertz CT molecular complexity index is 1500. The van der Waals surface area contributed by atoms with Crippen LogP contribution >= 0.6 is 0 Å². The third kappa shape index (κ3) is 4.48. The number of hydrogen-bond donors (Lipinski definition) is 1. The van der Waals surface area contributed by atoms with Gasteiger partial charge in [0, 0.05) is 36.4 Å². The summed E-state index contributed by atoms with van der Waals surface area (Å²) in [5, 5.41) is 8.94. The zero-order chi connectivity index (χ0) is 26.5. The van der Waals surface area contributed by atoms with Crippen LogP contribution in [-0.4, -0.2) is 43.1 Å². The molecule has 3 heterocycles. The van der Waals surface area contributed by atoms with E-state index < -0.39 is 32.7 Å². The van der Waals surface area contributed by atoms with Crippen LogP contribution in [0.3, 0.4) is 0 Å². The molecule has 1 aromatic heterocycles. The summed E-state index contributed by atoms with van der Waals surface area (Å²) in [4.78, 5) is 28.3. The average Bonchev–Trinajstić information content (AvgIpc) is 3.26. The number of carbonyl (C=O) groups excluding carboxylic acids is 2. The molecule has 2 aromatic carbocycles. The van der Waals surface area contributed by atoms with Crippen LogP contribution in [0.15, 0.2) is 53.4 Å². The minimum atomic E-state index is -4.86. The Morgan fingerprint density at radius 2 is 1.51 bits per heavy atom. The first kappa shape index (κ1) is 25.0. The fourth-order valence-electron chi connectivity index (χ4n) is 4.77. The molecule has 0 bridgehead atoms. The Labute approximate surface area is 210 Å². The van der Waals surface area contributed by atoms with Crippen LogP contribution in [0.2, 0.25) is 0 Å². The maximum atomic E-state index is 13.9. The molecule has 2 aliphatic rings. The molecule has 0 radical (unpaired) electrons. The Hall–Kier alpha value is -3.71. The van der Waals surface area contributed by atoms with Crippen LogP contribution in [0.1, 0.15) is 41.0 Å². The molecule has 13 heteroatoms. The molecule has 0 spiro atoms. The lowest BCUT2D eigenvalue weighted by molar-refractivity contribution is -0.142. The van der Waals surface area contributed by atoms with Crippen LogP contribution in [0.4, 0.5) is 24.5 Å². The van der Waals surface area contributed by atoms with Gasteiger partial charge in [-0.15, -0.1) is 0 Å². The summed E-state index contributed by atoms with van der Waals surface area (Å²) in [5.74, 6) is -0.759. The fourth-order valence-corrected chi connectivity index (χ4v) is 5.49. The first-order valence-electron chi connectivity index (χ1n) is 11.5. The fraction of sp³-hybridized carbons (Fsp3) is 0.292. The third-order valence-electron chi connectivity index (χ3n) is 6.48. The molecule has 0 atom stereocenters. The summed E-state index contributed by atoms with van der Waals surface area (Å²) in [6, 6.07) is 11.8. The summed E-state index contributed by atoms with van der Waals surface area (Å²) < 4.78 is 66.6. The number of benzene rings is 2. The van der Waals surface area contributed by atoms with E-state index in [1.807, 2.05) is 0 Å². The minimum Gasteiger partial charge on any atom is -0.312 e. The first-order chi connectivity index (χ1) is 17.5. The first-order valence-corrected chi connectivity index (χ1v) is 13.0. The van der Waals surface area contributed by atoms with E-state index in [9.17, 15) is 31.2 Å². The molecule has 2 amide bonds. The normalized spacial score (nSPS) is 16.8. The van der Waals surface area contributed by atoms with Gasteiger partial charge >= 0.3 is 6.18 Å². The molecule has 2 N–H and O–H groups in total. The minimum absolute atomic E-state index is 0.00907. The number of amides is 2. The van der Waals surface area contributed by atoms with E-state index in [1.165, 1.54) is 23.1 Å². The molecular weight excluding hydrogens is 511 g/mol. The maximum Gasteiger partial charge on any atom is 0.435 e. The molecule has 194 valence electrons. The van der Waals surface area contributed by atoms with E-state index in [0.29, 0.717) is 29.0 Å². The molecule has 1 saturated heterocycles. The summed E-state index contributed by atoms with van der Waals surface area (Å²) >= 11 is 0. The number of nitrogens with zero attached hydrogens (tertiary/aromatic N) is 4. The lowest BCUT2D eigenvalue weighted by atomic mass is 10.0. The van der Waals surface area contributed by atoms with Gasteiger partial charge in [0.05, 0.1) is 5.69 Å². The van der Waals surface area contributed by atoms with Gasteiger partial charge in [-0.3, -0.25) is 9.59 Å². The van der Waals surface area contributed by atoms with Gasteiger partial charge in [0.15, 0.2) is 5.69 Å². The van der Waals surface area contributed by atoms with Crippen molar-refractivity contribution in [3.63, 3.8) is 0 Å². The van der Waals surface area contributed by atoms with Gasteiger partial charge in [0.2, 0.25) is 15.9 Å². The highest BCUT2D eigenvalue weighted by Gasteiger charge is 2.43. The number of primary sulfonamides is 1. The molecular formula is C24H22F3N5O4S. The number of anilines is 2. The van der Waals surface area contributed by atoms with Crippen molar-refractivity contribution < 1.29 is 31.2 Å². The molecule has 9 nitrogen and oxygen atoms in total. The predicted molar refractivity (Wildman–Crippen MR) is 128 cm³/mol. The van der Waals surface area contributed by atoms with E-state index >= 15 is 0 Å². The van der Waals surface area contributed by atoms with Gasteiger partial charge < -0.3 is 9.80 Å².